The van der Waals surface area contributed by atoms with Crippen LogP contribution in [0.2, 0.25) is 0 Å². The third-order valence-electron chi connectivity index (χ3n) is 3.74. The Kier molecular flexibility index (Phi) is 10.7. The second-order valence-corrected chi connectivity index (χ2v) is 7.80. The summed E-state index contributed by atoms with van der Waals surface area (Å²) in [4.78, 5) is 18.4. The molecule has 1 rings (SSSR count). The number of hydrogen-bond donors (Lipinski definition) is 2. The lowest BCUT2D eigenvalue weighted by atomic mass is 10.0. The van der Waals surface area contributed by atoms with Crippen LogP contribution < -0.4 is 10.6 Å². The molecule has 9 heteroatoms. The van der Waals surface area contributed by atoms with E-state index in [4.69, 9.17) is 4.74 Å². The van der Waals surface area contributed by atoms with Crippen LogP contribution in [0.15, 0.2) is 17.4 Å². The van der Waals surface area contributed by atoms with E-state index in [0.717, 1.165) is 11.5 Å². The van der Waals surface area contributed by atoms with Crippen molar-refractivity contribution in [1.29, 1.82) is 0 Å². The van der Waals surface area contributed by atoms with Crippen molar-refractivity contribution in [3.63, 3.8) is 0 Å². The molecule has 0 aliphatic heterocycles. The third-order valence-corrected chi connectivity index (χ3v) is 3.74. The van der Waals surface area contributed by atoms with Gasteiger partial charge in [-0.25, -0.2) is 4.79 Å². The van der Waals surface area contributed by atoms with Crippen LogP contribution in [0.5, 0.6) is 0 Å². The molecular weight excluding hydrogens is 459 g/mol. The molecule has 0 spiro atoms. The number of alkyl carbamates (subject to hydrolysis) is 1. The highest BCUT2D eigenvalue weighted by molar-refractivity contribution is 14.0. The molecule has 2 N–H and O–H groups in total. The van der Waals surface area contributed by atoms with Crippen molar-refractivity contribution in [3.05, 3.63) is 18.0 Å². The number of aliphatic imine (C=N–C) groups is 1. The van der Waals surface area contributed by atoms with Crippen molar-refractivity contribution in [2.24, 2.45) is 18.0 Å². The van der Waals surface area contributed by atoms with Gasteiger partial charge < -0.3 is 20.3 Å². The predicted octanol–water partition coefficient (Wildman–Crippen LogP) is 2.59. The first-order valence-electron chi connectivity index (χ1n) is 8.90. The molecule has 0 fully saturated rings. The highest BCUT2D eigenvalue weighted by atomic mass is 127. The standard InChI is InChI=1S/C18H34N6O2.HI/c1-13(2)15(22-17(25)26-18(3,4)5)10-20-16(19-6)23(7)11-14-9-21-24(8)12-14;/h9,12-13,15H,10-11H2,1-8H3,(H,19,20)(H,22,25);1H. The summed E-state index contributed by atoms with van der Waals surface area (Å²) in [5, 5.41) is 10.4. The molecule has 0 radical (unpaired) electrons. The van der Waals surface area contributed by atoms with E-state index in [9.17, 15) is 4.79 Å². The quantitative estimate of drug-likeness (QED) is 0.361. The van der Waals surface area contributed by atoms with Gasteiger partial charge in [-0.3, -0.25) is 9.67 Å². The predicted molar refractivity (Wildman–Crippen MR) is 119 cm³/mol. The van der Waals surface area contributed by atoms with E-state index in [1.807, 2.05) is 52.2 Å². The SMILES string of the molecule is CN=C(NCC(NC(=O)OC(C)(C)C)C(C)C)N(C)Cc1cnn(C)c1.I. The second kappa shape index (κ2) is 11.4. The third kappa shape index (κ3) is 9.83. The summed E-state index contributed by atoms with van der Waals surface area (Å²) >= 11 is 0. The van der Waals surface area contributed by atoms with Crippen LogP contribution in [0.4, 0.5) is 4.79 Å². The Morgan fingerprint density at radius 2 is 2.04 bits per heavy atom. The molecule has 1 aromatic rings. The average molecular weight is 494 g/mol. The van der Waals surface area contributed by atoms with Crippen molar-refractivity contribution in [3.8, 4) is 0 Å². The number of carbonyl (C=O) groups excluding carboxylic acids is 1. The molecule has 0 aliphatic carbocycles. The highest BCUT2D eigenvalue weighted by Gasteiger charge is 2.22. The summed E-state index contributed by atoms with van der Waals surface area (Å²) in [5.41, 5.74) is 0.587. The van der Waals surface area contributed by atoms with Gasteiger partial charge in [-0.05, 0) is 26.7 Å². The van der Waals surface area contributed by atoms with Crippen LogP contribution in [0.1, 0.15) is 40.2 Å². The normalized spacial score (nSPS) is 13.0. The minimum Gasteiger partial charge on any atom is -0.444 e. The fourth-order valence-electron chi connectivity index (χ4n) is 2.40. The van der Waals surface area contributed by atoms with Crippen LogP contribution in [-0.4, -0.2) is 59.0 Å². The van der Waals surface area contributed by atoms with Crippen molar-refractivity contribution >= 4 is 36.0 Å². The monoisotopic (exact) mass is 494 g/mol. The van der Waals surface area contributed by atoms with Gasteiger partial charge in [0.15, 0.2) is 5.96 Å². The van der Waals surface area contributed by atoms with Crippen LogP contribution in [-0.2, 0) is 18.3 Å². The fraction of sp³-hybridized carbons (Fsp3) is 0.722. The number of rotatable bonds is 6. The number of hydrogen-bond acceptors (Lipinski definition) is 4. The summed E-state index contributed by atoms with van der Waals surface area (Å²) in [6, 6.07) is -0.0756. The molecule has 156 valence electrons. The maximum absolute atomic E-state index is 12.1. The first-order valence-corrected chi connectivity index (χ1v) is 8.90. The number of carbonyl (C=O) groups is 1. The second-order valence-electron chi connectivity index (χ2n) is 7.80. The largest absolute Gasteiger partial charge is 0.444 e. The number of amides is 1. The molecule has 0 saturated heterocycles. The number of ether oxygens (including phenoxy) is 1. The molecule has 1 unspecified atom stereocenters. The van der Waals surface area contributed by atoms with Gasteiger partial charge in [0.25, 0.3) is 0 Å². The average Bonchev–Trinajstić information content (AvgIpc) is 2.89. The number of guanidine groups is 1. The lowest BCUT2D eigenvalue weighted by Crippen LogP contribution is -2.50. The summed E-state index contributed by atoms with van der Waals surface area (Å²) < 4.78 is 7.13. The van der Waals surface area contributed by atoms with Crippen LogP contribution in [0.3, 0.4) is 0 Å². The molecule has 1 atom stereocenters. The Morgan fingerprint density at radius 3 is 2.48 bits per heavy atom. The van der Waals surface area contributed by atoms with E-state index in [0.29, 0.717) is 13.1 Å². The van der Waals surface area contributed by atoms with Gasteiger partial charge in [0.1, 0.15) is 5.60 Å². The lowest BCUT2D eigenvalue weighted by molar-refractivity contribution is 0.0491. The maximum atomic E-state index is 12.1. The molecular formula is C18H35IN6O2. The van der Waals surface area contributed by atoms with E-state index in [1.54, 1.807) is 11.7 Å². The lowest BCUT2D eigenvalue weighted by Gasteiger charge is -2.28. The molecule has 1 amide bonds. The molecule has 1 aromatic heterocycles. The Morgan fingerprint density at radius 1 is 1.41 bits per heavy atom. The Hall–Kier alpha value is -1.52. The van der Waals surface area contributed by atoms with E-state index in [2.05, 4.69) is 34.6 Å². The molecule has 0 aliphatic rings. The zero-order chi connectivity index (χ0) is 19.9. The van der Waals surface area contributed by atoms with E-state index >= 15 is 0 Å². The number of nitrogens with one attached hydrogen (secondary N) is 2. The zero-order valence-corrected chi connectivity index (χ0v) is 20.1. The smallest absolute Gasteiger partial charge is 0.407 e. The van der Waals surface area contributed by atoms with Gasteiger partial charge in [0.2, 0.25) is 0 Å². The number of aryl methyl sites for hydroxylation is 1. The van der Waals surface area contributed by atoms with Crippen molar-refractivity contribution in [2.75, 3.05) is 20.6 Å². The first-order chi connectivity index (χ1) is 12.0. The van der Waals surface area contributed by atoms with Crippen LogP contribution >= 0.6 is 24.0 Å². The van der Waals surface area contributed by atoms with Crippen molar-refractivity contribution < 1.29 is 9.53 Å². The minimum absolute atomic E-state index is 0. The van der Waals surface area contributed by atoms with Gasteiger partial charge in [0.05, 0.1) is 12.2 Å². The topological polar surface area (TPSA) is 83.8 Å². The van der Waals surface area contributed by atoms with Crippen LogP contribution in [0, 0.1) is 5.92 Å². The van der Waals surface area contributed by atoms with Gasteiger partial charge in [-0.2, -0.15) is 5.10 Å². The van der Waals surface area contributed by atoms with Gasteiger partial charge in [0, 0.05) is 46.0 Å². The Balaban J connectivity index is 0.00000676. The molecule has 27 heavy (non-hydrogen) atoms. The summed E-state index contributed by atoms with van der Waals surface area (Å²) in [7, 11) is 5.61. The van der Waals surface area contributed by atoms with E-state index in [-0.39, 0.29) is 35.9 Å². The summed E-state index contributed by atoms with van der Waals surface area (Å²) in [6.45, 7) is 10.9. The highest BCUT2D eigenvalue weighted by Crippen LogP contribution is 2.09. The zero-order valence-electron chi connectivity index (χ0n) is 17.7. The Labute approximate surface area is 180 Å². The van der Waals surface area contributed by atoms with Gasteiger partial charge >= 0.3 is 6.09 Å². The van der Waals surface area contributed by atoms with Crippen molar-refractivity contribution in [1.82, 2.24) is 25.3 Å². The maximum Gasteiger partial charge on any atom is 0.407 e. The van der Waals surface area contributed by atoms with E-state index < -0.39 is 11.7 Å². The molecule has 0 saturated carbocycles. The van der Waals surface area contributed by atoms with Gasteiger partial charge in [-0.1, -0.05) is 13.8 Å². The minimum atomic E-state index is -0.515. The summed E-state index contributed by atoms with van der Waals surface area (Å²) in [5.74, 6) is 1.00. The molecule has 1 heterocycles. The molecule has 0 bridgehead atoms. The number of aromatic nitrogens is 2. The fourth-order valence-corrected chi connectivity index (χ4v) is 2.40. The van der Waals surface area contributed by atoms with E-state index in [1.165, 1.54) is 0 Å². The molecule has 0 aromatic carbocycles. The molecule has 8 nitrogen and oxygen atoms in total. The summed E-state index contributed by atoms with van der Waals surface area (Å²) in [6.07, 6.45) is 3.41. The first kappa shape index (κ1) is 25.5. The number of halogens is 1. The van der Waals surface area contributed by atoms with Crippen molar-refractivity contribution in [2.45, 2.75) is 52.8 Å². The Bertz CT molecular complexity index is 609. The number of nitrogens with zero attached hydrogens (tertiary/aromatic N) is 4. The van der Waals surface area contributed by atoms with Gasteiger partial charge in [-0.15, -0.1) is 24.0 Å². The van der Waals surface area contributed by atoms with Crippen LogP contribution in [0.25, 0.3) is 0 Å².